The summed E-state index contributed by atoms with van der Waals surface area (Å²) in [5.41, 5.74) is 6.21. The van der Waals surface area contributed by atoms with E-state index in [0.29, 0.717) is 0 Å². The summed E-state index contributed by atoms with van der Waals surface area (Å²) in [4.78, 5) is 0. The quantitative estimate of drug-likeness (QED) is 0.630. The second kappa shape index (κ2) is 2.46. The Morgan fingerprint density at radius 3 is 2.45 bits per heavy atom. The van der Waals surface area contributed by atoms with Crippen molar-refractivity contribution in [3.8, 4) is 0 Å². The molecule has 0 heterocycles. The van der Waals surface area contributed by atoms with E-state index in [1.807, 2.05) is 0 Å². The molecule has 0 aromatic heterocycles. The molecule has 64 valence electrons. The fourth-order valence-electron chi connectivity index (χ4n) is 1.54. The van der Waals surface area contributed by atoms with Gasteiger partial charge in [-0.3, -0.25) is 0 Å². The highest BCUT2D eigenvalue weighted by atomic mass is 15.0. The first-order valence-corrected chi connectivity index (χ1v) is 4.71. The van der Waals surface area contributed by atoms with E-state index in [-0.39, 0.29) is 5.54 Å². The number of nitrogens with one attached hydrogen (secondary N) is 1. The van der Waals surface area contributed by atoms with Crippen LogP contribution < -0.4 is 11.1 Å². The standard InChI is InChI=1S/C9H18N2/c1-9(10,7-2-3-7)6-11-8-4-5-8/h7-8,11H,2-6,10H2,1H3/t9-/m1/s1. The van der Waals surface area contributed by atoms with E-state index in [0.717, 1.165) is 18.5 Å². The smallest absolute Gasteiger partial charge is 0.0280 e. The molecule has 2 fully saturated rings. The van der Waals surface area contributed by atoms with Crippen molar-refractivity contribution in [2.75, 3.05) is 6.54 Å². The van der Waals surface area contributed by atoms with E-state index in [4.69, 9.17) is 5.73 Å². The molecule has 11 heavy (non-hydrogen) atoms. The zero-order valence-electron chi connectivity index (χ0n) is 7.27. The molecule has 2 aliphatic carbocycles. The van der Waals surface area contributed by atoms with Gasteiger partial charge in [-0.2, -0.15) is 0 Å². The molecule has 1 atom stereocenters. The third-order valence-electron chi connectivity index (χ3n) is 2.86. The minimum Gasteiger partial charge on any atom is -0.324 e. The Morgan fingerprint density at radius 2 is 2.00 bits per heavy atom. The summed E-state index contributed by atoms with van der Waals surface area (Å²) in [6.07, 6.45) is 5.42. The van der Waals surface area contributed by atoms with Crippen LogP contribution in [0.5, 0.6) is 0 Å². The summed E-state index contributed by atoms with van der Waals surface area (Å²) in [5.74, 6) is 0.800. The van der Waals surface area contributed by atoms with Gasteiger partial charge in [-0.25, -0.2) is 0 Å². The van der Waals surface area contributed by atoms with Gasteiger partial charge in [-0.1, -0.05) is 0 Å². The molecule has 0 spiro atoms. The van der Waals surface area contributed by atoms with E-state index in [9.17, 15) is 0 Å². The number of hydrogen-bond donors (Lipinski definition) is 2. The molecule has 0 aromatic carbocycles. The minimum absolute atomic E-state index is 0.0720. The molecule has 2 aliphatic rings. The van der Waals surface area contributed by atoms with Gasteiger partial charge in [-0.15, -0.1) is 0 Å². The maximum Gasteiger partial charge on any atom is 0.0280 e. The van der Waals surface area contributed by atoms with E-state index in [1.165, 1.54) is 25.7 Å². The van der Waals surface area contributed by atoms with Crippen LogP contribution in [0, 0.1) is 5.92 Å². The average Bonchev–Trinajstić information content (AvgIpc) is 2.79. The van der Waals surface area contributed by atoms with Crippen LogP contribution in [0.15, 0.2) is 0 Å². The summed E-state index contributed by atoms with van der Waals surface area (Å²) >= 11 is 0. The van der Waals surface area contributed by atoms with Crippen molar-refractivity contribution in [3.05, 3.63) is 0 Å². The second-order valence-corrected chi connectivity index (χ2v) is 4.44. The Bertz CT molecular complexity index is 146. The minimum atomic E-state index is 0.0720. The Kier molecular flexibility index (Phi) is 1.69. The van der Waals surface area contributed by atoms with Crippen molar-refractivity contribution in [3.63, 3.8) is 0 Å². The molecule has 0 amide bonds. The van der Waals surface area contributed by atoms with Crippen LogP contribution in [0.4, 0.5) is 0 Å². The van der Waals surface area contributed by atoms with E-state index in [1.54, 1.807) is 0 Å². The Balaban J connectivity index is 1.72. The van der Waals surface area contributed by atoms with Crippen molar-refractivity contribution in [1.82, 2.24) is 5.32 Å². The van der Waals surface area contributed by atoms with Gasteiger partial charge in [0.2, 0.25) is 0 Å². The molecular weight excluding hydrogens is 136 g/mol. The summed E-state index contributed by atoms with van der Waals surface area (Å²) in [6, 6.07) is 0.802. The van der Waals surface area contributed by atoms with Gasteiger partial charge in [0, 0.05) is 18.1 Å². The van der Waals surface area contributed by atoms with Crippen LogP contribution in [-0.4, -0.2) is 18.1 Å². The van der Waals surface area contributed by atoms with Crippen molar-refractivity contribution < 1.29 is 0 Å². The van der Waals surface area contributed by atoms with Gasteiger partial charge in [0.05, 0.1) is 0 Å². The van der Waals surface area contributed by atoms with Crippen LogP contribution in [-0.2, 0) is 0 Å². The molecule has 2 nitrogen and oxygen atoms in total. The van der Waals surface area contributed by atoms with Crippen molar-refractivity contribution in [1.29, 1.82) is 0 Å². The summed E-state index contributed by atoms with van der Waals surface area (Å²) in [7, 11) is 0. The lowest BCUT2D eigenvalue weighted by Crippen LogP contribution is -2.48. The van der Waals surface area contributed by atoms with Gasteiger partial charge >= 0.3 is 0 Å². The first-order valence-electron chi connectivity index (χ1n) is 4.71. The molecular formula is C9H18N2. The first kappa shape index (κ1) is 7.56. The van der Waals surface area contributed by atoms with Crippen LogP contribution in [0.3, 0.4) is 0 Å². The molecule has 0 bridgehead atoms. The zero-order chi connectivity index (χ0) is 7.90. The fraction of sp³-hybridized carbons (Fsp3) is 1.00. The van der Waals surface area contributed by atoms with E-state index in [2.05, 4.69) is 12.2 Å². The first-order chi connectivity index (χ1) is 5.18. The van der Waals surface area contributed by atoms with E-state index < -0.39 is 0 Å². The zero-order valence-corrected chi connectivity index (χ0v) is 7.27. The second-order valence-electron chi connectivity index (χ2n) is 4.44. The maximum atomic E-state index is 6.14. The van der Waals surface area contributed by atoms with Gasteiger partial charge in [0.25, 0.3) is 0 Å². The normalized spacial score (nSPS) is 30.0. The van der Waals surface area contributed by atoms with Crippen LogP contribution >= 0.6 is 0 Å². The van der Waals surface area contributed by atoms with Gasteiger partial charge in [-0.05, 0) is 38.5 Å². The summed E-state index contributed by atoms with van der Waals surface area (Å²) in [6.45, 7) is 3.20. The topological polar surface area (TPSA) is 38.0 Å². The molecule has 0 aromatic rings. The molecule has 0 unspecified atom stereocenters. The molecule has 0 saturated heterocycles. The summed E-state index contributed by atoms with van der Waals surface area (Å²) < 4.78 is 0. The third-order valence-corrected chi connectivity index (χ3v) is 2.86. The van der Waals surface area contributed by atoms with Crippen molar-refractivity contribution in [2.24, 2.45) is 11.7 Å². The predicted octanol–water partition coefficient (Wildman–Crippen LogP) is 0.866. The Hall–Kier alpha value is -0.0800. The van der Waals surface area contributed by atoms with Crippen molar-refractivity contribution in [2.45, 2.75) is 44.2 Å². The predicted molar refractivity (Wildman–Crippen MR) is 46.3 cm³/mol. The number of nitrogens with two attached hydrogens (primary N) is 1. The lowest BCUT2D eigenvalue weighted by atomic mass is 9.97. The lowest BCUT2D eigenvalue weighted by Gasteiger charge is -2.24. The highest BCUT2D eigenvalue weighted by Crippen LogP contribution is 2.37. The third kappa shape index (κ3) is 1.94. The van der Waals surface area contributed by atoms with E-state index >= 15 is 0 Å². The molecule has 3 N–H and O–H groups in total. The highest BCUT2D eigenvalue weighted by molar-refractivity contribution is 4.98. The van der Waals surface area contributed by atoms with Crippen LogP contribution in [0.2, 0.25) is 0 Å². The van der Waals surface area contributed by atoms with Crippen LogP contribution in [0.1, 0.15) is 32.6 Å². The average molecular weight is 154 g/mol. The Labute approximate surface area is 68.5 Å². The number of rotatable bonds is 4. The number of hydrogen-bond acceptors (Lipinski definition) is 2. The monoisotopic (exact) mass is 154 g/mol. The van der Waals surface area contributed by atoms with Gasteiger partial charge < -0.3 is 11.1 Å². The Morgan fingerprint density at radius 1 is 1.36 bits per heavy atom. The van der Waals surface area contributed by atoms with Gasteiger partial charge in [0.1, 0.15) is 0 Å². The molecule has 2 heteroatoms. The van der Waals surface area contributed by atoms with Crippen LogP contribution in [0.25, 0.3) is 0 Å². The molecule has 2 saturated carbocycles. The molecule has 0 radical (unpaired) electrons. The maximum absolute atomic E-state index is 6.14. The lowest BCUT2D eigenvalue weighted by molar-refractivity contribution is 0.379. The molecule has 0 aliphatic heterocycles. The SMILES string of the molecule is C[C@@](N)(CNC1CC1)C1CC1. The molecule has 2 rings (SSSR count). The van der Waals surface area contributed by atoms with Crippen molar-refractivity contribution >= 4 is 0 Å². The van der Waals surface area contributed by atoms with Gasteiger partial charge in [0.15, 0.2) is 0 Å². The fourth-order valence-corrected chi connectivity index (χ4v) is 1.54. The highest BCUT2D eigenvalue weighted by Gasteiger charge is 2.38. The largest absolute Gasteiger partial charge is 0.324 e. The summed E-state index contributed by atoms with van der Waals surface area (Å²) in [5, 5.41) is 3.49.